The highest BCUT2D eigenvalue weighted by Crippen LogP contribution is 2.38. The molecule has 5 nitrogen and oxygen atoms in total. The third kappa shape index (κ3) is 3.73. The number of carbonyl (C=O) groups excluding carboxylic acids is 1. The summed E-state index contributed by atoms with van der Waals surface area (Å²) in [5, 5.41) is 9.70. The van der Waals surface area contributed by atoms with Gasteiger partial charge in [0.2, 0.25) is 5.91 Å². The van der Waals surface area contributed by atoms with E-state index >= 15 is 0 Å². The average Bonchev–Trinajstić information content (AvgIpc) is 3.30. The number of rotatable bonds is 5. The zero-order chi connectivity index (χ0) is 17.9. The number of nitrogens with one attached hydrogen (secondary N) is 1. The highest BCUT2D eigenvalue weighted by molar-refractivity contribution is 8.00. The van der Waals surface area contributed by atoms with Gasteiger partial charge >= 0.3 is 0 Å². The van der Waals surface area contributed by atoms with E-state index in [9.17, 15) is 4.79 Å². The van der Waals surface area contributed by atoms with Crippen LogP contribution in [0.4, 0.5) is 5.13 Å². The minimum Gasteiger partial charge on any atom is -0.301 e. The van der Waals surface area contributed by atoms with Gasteiger partial charge in [0.1, 0.15) is 16.2 Å². The summed E-state index contributed by atoms with van der Waals surface area (Å²) in [6, 6.07) is 7.66. The predicted octanol–water partition coefficient (Wildman–Crippen LogP) is 5.20. The molecule has 3 heterocycles. The summed E-state index contributed by atoms with van der Waals surface area (Å²) in [6.07, 6.45) is 3.19. The molecule has 0 spiro atoms. The summed E-state index contributed by atoms with van der Waals surface area (Å²) < 4.78 is 0. The van der Waals surface area contributed by atoms with Crippen LogP contribution >= 0.6 is 46.0 Å². The number of thiazole rings is 1. The summed E-state index contributed by atoms with van der Waals surface area (Å²) in [6.45, 7) is 0. The molecule has 1 amide bonds. The number of thiophene rings is 1. The first-order valence-electron chi connectivity index (χ1n) is 7.51. The summed E-state index contributed by atoms with van der Waals surface area (Å²) in [7, 11) is 0. The lowest BCUT2D eigenvalue weighted by Crippen LogP contribution is -2.13. The molecular weight excluding hydrogens is 408 g/mol. The molecular formula is C17H11ClN4OS3. The quantitative estimate of drug-likeness (QED) is 0.356. The van der Waals surface area contributed by atoms with E-state index in [1.54, 1.807) is 17.5 Å². The van der Waals surface area contributed by atoms with E-state index in [0.717, 1.165) is 26.4 Å². The van der Waals surface area contributed by atoms with Crippen molar-refractivity contribution < 1.29 is 4.79 Å². The van der Waals surface area contributed by atoms with Gasteiger partial charge in [0.15, 0.2) is 5.13 Å². The zero-order valence-corrected chi connectivity index (χ0v) is 16.4. The fourth-order valence-electron chi connectivity index (χ4n) is 2.37. The second kappa shape index (κ2) is 7.71. The Bertz CT molecular complexity index is 1050. The lowest BCUT2D eigenvalue weighted by Gasteiger charge is -2.05. The number of hydrogen-bond acceptors (Lipinski definition) is 7. The van der Waals surface area contributed by atoms with Crippen molar-refractivity contribution in [2.24, 2.45) is 0 Å². The first-order valence-corrected chi connectivity index (χ1v) is 10.6. The number of carbonyl (C=O) groups is 1. The molecule has 0 saturated heterocycles. The number of aromatic nitrogens is 3. The Balaban J connectivity index is 1.60. The number of fused-ring (bicyclic) bond motifs is 1. The van der Waals surface area contributed by atoms with Gasteiger partial charge in [0, 0.05) is 27.5 Å². The van der Waals surface area contributed by atoms with Crippen LogP contribution in [-0.4, -0.2) is 26.6 Å². The van der Waals surface area contributed by atoms with Crippen LogP contribution in [0.5, 0.6) is 0 Å². The standard InChI is InChI=1S/C17H11ClN4OS3/c18-11-3-1-10(2-4-11)12-7-25-15-14(12)16(21-9-20-15)26-8-13(23)22-17-19-5-6-24-17/h1-7,9H,8H2,(H,19,22,23). The van der Waals surface area contributed by atoms with Crippen molar-refractivity contribution in [2.75, 3.05) is 11.1 Å². The van der Waals surface area contributed by atoms with Crippen LogP contribution in [0.1, 0.15) is 0 Å². The molecule has 0 aliphatic rings. The van der Waals surface area contributed by atoms with E-state index in [-0.39, 0.29) is 11.7 Å². The molecule has 0 aliphatic carbocycles. The number of halogens is 1. The van der Waals surface area contributed by atoms with Crippen molar-refractivity contribution in [2.45, 2.75) is 5.03 Å². The monoisotopic (exact) mass is 418 g/mol. The molecule has 0 unspecified atom stereocenters. The molecule has 4 aromatic rings. The van der Waals surface area contributed by atoms with Gasteiger partial charge in [-0.3, -0.25) is 4.79 Å². The molecule has 3 aromatic heterocycles. The largest absolute Gasteiger partial charge is 0.301 e. The molecule has 0 bridgehead atoms. The van der Waals surface area contributed by atoms with E-state index in [0.29, 0.717) is 10.2 Å². The first-order chi connectivity index (χ1) is 12.7. The number of thioether (sulfide) groups is 1. The lowest BCUT2D eigenvalue weighted by molar-refractivity contribution is -0.113. The second-order valence-electron chi connectivity index (χ2n) is 5.19. The topological polar surface area (TPSA) is 67.8 Å². The van der Waals surface area contributed by atoms with E-state index in [1.807, 2.05) is 29.6 Å². The molecule has 4 rings (SSSR count). The van der Waals surface area contributed by atoms with Crippen molar-refractivity contribution in [1.29, 1.82) is 0 Å². The maximum atomic E-state index is 12.1. The Morgan fingerprint density at radius 3 is 2.77 bits per heavy atom. The molecule has 0 atom stereocenters. The summed E-state index contributed by atoms with van der Waals surface area (Å²) in [4.78, 5) is 25.8. The smallest absolute Gasteiger partial charge is 0.236 e. The third-order valence-electron chi connectivity index (χ3n) is 3.51. The van der Waals surface area contributed by atoms with Gasteiger partial charge < -0.3 is 5.32 Å². The van der Waals surface area contributed by atoms with Crippen molar-refractivity contribution in [3.63, 3.8) is 0 Å². The summed E-state index contributed by atoms with van der Waals surface area (Å²) in [5.74, 6) is 0.140. The highest BCUT2D eigenvalue weighted by Gasteiger charge is 2.15. The summed E-state index contributed by atoms with van der Waals surface area (Å²) >= 11 is 10.3. The van der Waals surface area contributed by atoms with Crippen LogP contribution in [0, 0.1) is 0 Å². The fraction of sp³-hybridized carbons (Fsp3) is 0.0588. The van der Waals surface area contributed by atoms with Gasteiger partial charge in [-0.1, -0.05) is 35.5 Å². The Kier molecular flexibility index (Phi) is 5.16. The van der Waals surface area contributed by atoms with E-state index < -0.39 is 0 Å². The average molecular weight is 419 g/mol. The van der Waals surface area contributed by atoms with Gasteiger partial charge in [-0.2, -0.15) is 0 Å². The van der Waals surface area contributed by atoms with Crippen molar-refractivity contribution >= 4 is 67.3 Å². The molecule has 0 fully saturated rings. The van der Waals surface area contributed by atoms with Gasteiger partial charge in [-0.05, 0) is 17.7 Å². The van der Waals surface area contributed by atoms with Crippen LogP contribution < -0.4 is 5.32 Å². The van der Waals surface area contributed by atoms with Crippen molar-refractivity contribution in [3.8, 4) is 11.1 Å². The molecule has 130 valence electrons. The molecule has 0 aliphatic heterocycles. The Morgan fingerprint density at radius 1 is 1.15 bits per heavy atom. The van der Waals surface area contributed by atoms with Crippen molar-refractivity contribution in [1.82, 2.24) is 15.0 Å². The van der Waals surface area contributed by atoms with E-state index in [1.165, 1.54) is 29.4 Å². The van der Waals surface area contributed by atoms with Crippen LogP contribution in [-0.2, 0) is 4.79 Å². The normalized spacial score (nSPS) is 11.0. The first kappa shape index (κ1) is 17.4. The number of anilines is 1. The Labute approximate surface area is 166 Å². The van der Waals surface area contributed by atoms with Gasteiger partial charge in [-0.15, -0.1) is 22.7 Å². The minimum atomic E-state index is -0.111. The highest BCUT2D eigenvalue weighted by atomic mass is 35.5. The van der Waals surface area contributed by atoms with Gasteiger partial charge in [0.05, 0.1) is 11.1 Å². The Morgan fingerprint density at radius 2 is 2.00 bits per heavy atom. The number of benzene rings is 1. The number of hydrogen-bond donors (Lipinski definition) is 1. The predicted molar refractivity (Wildman–Crippen MR) is 109 cm³/mol. The SMILES string of the molecule is O=C(CSc1ncnc2scc(-c3ccc(Cl)cc3)c12)Nc1nccs1. The minimum absolute atomic E-state index is 0.111. The van der Waals surface area contributed by atoms with E-state index in [4.69, 9.17) is 11.6 Å². The number of nitrogens with zero attached hydrogens (tertiary/aromatic N) is 3. The molecule has 1 N–H and O–H groups in total. The van der Waals surface area contributed by atoms with Crippen LogP contribution in [0.2, 0.25) is 5.02 Å². The van der Waals surface area contributed by atoms with Crippen molar-refractivity contribution in [3.05, 3.63) is 52.6 Å². The van der Waals surface area contributed by atoms with Crippen LogP contribution in [0.25, 0.3) is 21.3 Å². The summed E-state index contributed by atoms with van der Waals surface area (Å²) in [5.41, 5.74) is 2.09. The Hall–Kier alpha value is -2.00. The maximum absolute atomic E-state index is 12.1. The van der Waals surface area contributed by atoms with Gasteiger partial charge in [0.25, 0.3) is 0 Å². The maximum Gasteiger partial charge on any atom is 0.236 e. The number of amides is 1. The molecule has 1 aromatic carbocycles. The van der Waals surface area contributed by atoms with Gasteiger partial charge in [-0.25, -0.2) is 15.0 Å². The molecule has 26 heavy (non-hydrogen) atoms. The van der Waals surface area contributed by atoms with Crippen LogP contribution in [0.15, 0.2) is 52.6 Å². The van der Waals surface area contributed by atoms with Crippen LogP contribution in [0.3, 0.4) is 0 Å². The molecule has 0 radical (unpaired) electrons. The second-order valence-corrected chi connectivity index (χ2v) is 8.34. The zero-order valence-electron chi connectivity index (χ0n) is 13.2. The lowest BCUT2D eigenvalue weighted by atomic mass is 10.1. The van der Waals surface area contributed by atoms with E-state index in [2.05, 4.69) is 25.6 Å². The fourth-order valence-corrected chi connectivity index (χ4v) is 4.84. The third-order valence-corrected chi connectivity index (χ3v) is 6.33. The molecule has 0 saturated carbocycles. The molecule has 9 heteroatoms.